The first kappa shape index (κ1) is 14.0. The molecule has 0 radical (unpaired) electrons. The predicted octanol–water partition coefficient (Wildman–Crippen LogP) is 3.47. The van der Waals surface area contributed by atoms with Crippen molar-refractivity contribution >= 4 is 29.3 Å². The molecule has 1 N–H and O–H groups in total. The number of anilines is 1. The Morgan fingerprint density at radius 2 is 2.06 bits per heavy atom. The Balaban J connectivity index is 2.35. The molecule has 100 valence electrons. The van der Waals surface area contributed by atoms with E-state index in [0.29, 0.717) is 11.2 Å². The van der Waals surface area contributed by atoms with Gasteiger partial charge in [0.05, 0.1) is 5.25 Å². The van der Waals surface area contributed by atoms with Crippen LogP contribution in [0.5, 0.6) is 0 Å². The van der Waals surface area contributed by atoms with Gasteiger partial charge < -0.3 is 5.32 Å². The third kappa shape index (κ3) is 2.94. The van der Waals surface area contributed by atoms with Gasteiger partial charge in [0.1, 0.15) is 11.6 Å². The van der Waals surface area contributed by atoms with Crippen LogP contribution >= 0.6 is 23.5 Å². The molecule has 1 aromatic heterocycles. The minimum atomic E-state index is 0.454. The number of thioether (sulfide) groups is 2. The summed E-state index contributed by atoms with van der Waals surface area (Å²) in [5, 5.41) is 3.68. The Hall–Kier alpha value is -0.420. The average Bonchev–Trinajstić information content (AvgIpc) is 2.38. The van der Waals surface area contributed by atoms with Gasteiger partial charge in [-0.1, -0.05) is 13.8 Å². The molecule has 3 nitrogen and oxygen atoms in total. The van der Waals surface area contributed by atoms with Gasteiger partial charge in [-0.25, -0.2) is 9.97 Å². The standard InChI is InChI=1S/C13H21N3S2/c1-8(2)11-9(3)15-12(16-13(11)14-4)10-7-17-5-6-18-10/h8,10H,5-7H2,1-4H3,(H,14,15,16). The minimum Gasteiger partial charge on any atom is -0.373 e. The van der Waals surface area contributed by atoms with E-state index in [1.807, 2.05) is 30.6 Å². The van der Waals surface area contributed by atoms with Crippen molar-refractivity contribution < 1.29 is 0 Å². The summed E-state index contributed by atoms with van der Waals surface area (Å²) in [6.07, 6.45) is 0. The van der Waals surface area contributed by atoms with E-state index >= 15 is 0 Å². The largest absolute Gasteiger partial charge is 0.373 e. The first-order chi connectivity index (χ1) is 8.63. The molecular formula is C13H21N3S2. The third-order valence-corrected chi connectivity index (χ3v) is 5.82. The summed E-state index contributed by atoms with van der Waals surface area (Å²) in [5.74, 6) is 6.05. The first-order valence-electron chi connectivity index (χ1n) is 6.39. The maximum absolute atomic E-state index is 4.74. The lowest BCUT2D eigenvalue weighted by Gasteiger charge is -2.22. The lowest BCUT2D eigenvalue weighted by atomic mass is 10.0. The highest BCUT2D eigenvalue weighted by molar-refractivity contribution is 8.06. The molecule has 0 aliphatic carbocycles. The number of nitrogens with one attached hydrogen (secondary N) is 1. The SMILES string of the molecule is CNc1nc(C2CSCCS2)nc(C)c1C(C)C. The topological polar surface area (TPSA) is 37.8 Å². The lowest BCUT2D eigenvalue weighted by molar-refractivity contribution is 0.806. The maximum atomic E-state index is 4.74. The summed E-state index contributed by atoms with van der Waals surface area (Å²) in [4.78, 5) is 9.48. The Morgan fingerprint density at radius 3 is 2.61 bits per heavy atom. The number of hydrogen-bond acceptors (Lipinski definition) is 5. The molecule has 0 amide bonds. The van der Waals surface area contributed by atoms with Crippen molar-refractivity contribution in [3.63, 3.8) is 0 Å². The number of aromatic nitrogens is 2. The van der Waals surface area contributed by atoms with Crippen LogP contribution < -0.4 is 5.32 Å². The van der Waals surface area contributed by atoms with E-state index in [-0.39, 0.29) is 0 Å². The fraction of sp³-hybridized carbons (Fsp3) is 0.692. The van der Waals surface area contributed by atoms with E-state index in [2.05, 4.69) is 26.1 Å². The van der Waals surface area contributed by atoms with Gasteiger partial charge >= 0.3 is 0 Å². The number of rotatable bonds is 3. The van der Waals surface area contributed by atoms with Crippen LogP contribution in [0.4, 0.5) is 5.82 Å². The fourth-order valence-corrected chi connectivity index (χ4v) is 4.86. The minimum absolute atomic E-state index is 0.454. The van der Waals surface area contributed by atoms with Crippen LogP contribution in [0.25, 0.3) is 0 Å². The van der Waals surface area contributed by atoms with Crippen molar-refractivity contribution in [2.24, 2.45) is 0 Å². The van der Waals surface area contributed by atoms with Crippen molar-refractivity contribution in [3.05, 3.63) is 17.1 Å². The normalized spacial score (nSPS) is 20.2. The monoisotopic (exact) mass is 283 g/mol. The molecule has 1 aliphatic heterocycles. The molecule has 0 saturated carbocycles. The molecule has 1 atom stereocenters. The zero-order valence-corrected chi connectivity index (χ0v) is 13.1. The third-order valence-electron chi connectivity index (χ3n) is 3.07. The van der Waals surface area contributed by atoms with Crippen LogP contribution in [0, 0.1) is 6.92 Å². The summed E-state index contributed by atoms with van der Waals surface area (Å²) in [6, 6.07) is 0. The Bertz CT molecular complexity index is 415. The zero-order chi connectivity index (χ0) is 13.1. The smallest absolute Gasteiger partial charge is 0.144 e. The molecule has 2 heterocycles. The van der Waals surface area contributed by atoms with E-state index in [9.17, 15) is 0 Å². The molecule has 1 aliphatic rings. The van der Waals surface area contributed by atoms with Crippen LogP contribution in [0.3, 0.4) is 0 Å². The highest BCUT2D eigenvalue weighted by atomic mass is 32.2. The maximum Gasteiger partial charge on any atom is 0.144 e. The van der Waals surface area contributed by atoms with Gasteiger partial charge in [-0.15, -0.1) is 11.8 Å². The molecule has 0 aromatic carbocycles. The highest BCUT2D eigenvalue weighted by Gasteiger charge is 2.22. The molecule has 1 aromatic rings. The summed E-state index contributed by atoms with van der Waals surface area (Å²) in [6.45, 7) is 6.48. The molecule has 0 spiro atoms. The van der Waals surface area contributed by atoms with Crippen LogP contribution in [-0.4, -0.2) is 34.3 Å². The van der Waals surface area contributed by atoms with E-state index in [1.54, 1.807) is 0 Å². The van der Waals surface area contributed by atoms with E-state index in [1.165, 1.54) is 17.1 Å². The van der Waals surface area contributed by atoms with Gasteiger partial charge in [-0.3, -0.25) is 0 Å². The lowest BCUT2D eigenvalue weighted by Crippen LogP contribution is -2.14. The van der Waals surface area contributed by atoms with Crippen molar-refractivity contribution in [3.8, 4) is 0 Å². The average molecular weight is 283 g/mol. The van der Waals surface area contributed by atoms with Gasteiger partial charge in [0.15, 0.2) is 0 Å². The van der Waals surface area contributed by atoms with E-state index in [0.717, 1.165) is 23.1 Å². The number of aryl methyl sites for hydroxylation is 1. The second kappa shape index (κ2) is 6.15. The molecule has 0 bridgehead atoms. The molecule has 5 heteroatoms. The first-order valence-corrected chi connectivity index (χ1v) is 8.59. The molecule has 1 unspecified atom stereocenters. The van der Waals surface area contributed by atoms with Gasteiger partial charge in [0.2, 0.25) is 0 Å². The Morgan fingerprint density at radius 1 is 1.28 bits per heavy atom. The van der Waals surface area contributed by atoms with E-state index in [4.69, 9.17) is 9.97 Å². The summed E-state index contributed by atoms with van der Waals surface area (Å²) in [5.41, 5.74) is 2.37. The quantitative estimate of drug-likeness (QED) is 0.919. The number of nitrogens with zero attached hydrogens (tertiary/aromatic N) is 2. The summed E-state index contributed by atoms with van der Waals surface area (Å²) >= 11 is 3.99. The van der Waals surface area contributed by atoms with Gasteiger partial charge in [0, 0.05) is 35.6 Å². The van der Waals surface area contributed by atoms with Gasteiger partial charge in [-0.05, 0) is 12.8 Å². The summed E-state index contributed by atoms with van der Waals surface area (Å²) in [7, 11) is 1.94. The molecule has 1 saturated heterocycles. The molecule has 1 fully saturated rings. The van der Waals surface area contributed by atoms with Crippen LogP contribution in [0.2, 0.25) is 0 Å². The highest BCUT2D eigenvalue weighted by Crippen LogP contribution is 2.36. The van der Waals surface area contributed by atoms with Gasteiger partial charge in [-0.2, -0.15) is 11.8 Å². The Kier molecular flexibility index (Phi) is 4.78. The van der Waals surface area contributed by atoms with Crippen molar-refractivity contribution in [1.82, 2.24) is 9.97 Å². The van der Waals surface area contributed by atoms with Crippen molar-refractivity contribution in [2.75, 3.05) is 29.6 Å². The molecular weight excluding hydrogens is 262 g/mol. The molecule has 18 heavy (non-hydrogen) atoms. The summed E-state index contributed by atoms with van der Waals surface area (Å²) < 4.78 is 0. The van der Waals surface area contributed by atoms with Crippen molar-refractivity contribution in [1.29, 1.82) is 0 Å². The Labute approximate surface area is 118 Å². The van der Waals surface area contributed by atoms with Crippen LogP contribution in [-0.2, 0) is 0 Å². The second-order valence-corrected chi connectivity index (χ2v) is 7.23. The van der Waals surface area contributed by atoms with E-state index < -0.39 is 0 Å². The predicted molar refractivity (Wildman–Crippen MR) is 82.9 cm³/mol. The second-order valence-electron chi connectivity index (χ2n) is 4.77. The number of hydrogen-bond donors (Lipinski definition) is 1. The van der Waals surface area contributed by atoms with Gasteiger partial charge in [0.25, 0.3) is 0 Å². The zero-order valence-electron chi connectivity index (χ0n) is 11.5. The fourth-order valence-electron chi connectivity index (χ4n) is 2.27. The van der Waals surface area contributed by atoms with Crippen LogP contribution in [0.15, 0.2) is 0 Å². The van der Waals surface area contributed by atoms with Crippen molar-refractivity contribution in [2.45, 2.75) is 31.9 Å². The molecule has 2 rings (SSSR count). The van der Waals surface area contributed by atoms with Crippen LogP contribution in [0.1, 0.15) is 42.1 Å².